The van der Waals surface area contributed by atoms with Crippen molar-refractivity contribution in [1.82, 2.24) is 35.0 Å². The Morgan fingerprint density at radius 3 is 2.11 bits per heavy atom. The predicted molar refractivity (Wildman–Crippen MR) is 117 cm³/mol. The van der Waals surface area contributed by atoms with E-state index in [1.165, 1.54) is 11.9 Å². The van der Waals surface area contributed by atoms with Crippen LogP contribution in [0.4, 0.5) is 32.3 Å². The molecule has 3 aromatic heterocycles. The maximum absolute atomic E-state index is 13.4. The van der Waals surface area contributed by atoms with Gasteiger partial charge in [0.1, 0.15) is 0 Å². The molecule has 191 valence electrons. The maximum Gasteiger partial charge on any atom is 0.416 e. The smallest absolute Gasteiger partial charge is 0.329 e. The van der Waals surface area contributed by atoms with E-state index in [1.807, 2.05) is 13.8 Å². The maximum atomic E-state index is 13.4. The van der Waals surface area contributed by atoms with Gasteiger partial charge in [0, 0.05) is 30.6 Å². The second-order valence-electron chi connectivity index (χ2n) is 8.10. The second-order valence-corrected chi connectivity index (χ2v) is 8.10. The number of halogens is 6. The van der Waals surface area contributed by atoms with Crippen LogP contribution in [-0.2, 0) is 45.5 Å². The lowest BCUT2D eigenvalue weighted by atomic mass is 10.0. The van der Waals surface area contributed by atoms with Crippen LogP contribution in [0.2, 0.25) is 0 Å². The zero-order valence-electron chi connectivity index (χ0n) is 19.5. The number of alkyl halides is 6. The van der Waals surface area contributed by atoms with Gasteiger partial charge in [-0.05, 0) is 48.4 Å². The predicted octanol–water partition coefficient (Wildman–Crippen LogP) is 4.58. The van der Waals surface area contributed by atoms with Gasteiger partial charge in [-0.3, -0.25) is 0 Å². The molecule has 0 atom stereocenters. The quantitative estimate of drug-likeness (QED) is 0.338. The molecule has 0 aliphatic rings. The fourth-order valence-electron chi connectivity index (χ4n) is 3.81. The van der Waals surface area contributed by atoms with E-state index in [-0.39, 0.29) is 30.7 Å². The summed E-state index contributed by atoms with van der Waals surface area (Å²) in [4.78, 5) is 6.92. The van der Waals surface area contributed by atoms with Crippen molar-refractivity contribution < 1.29 is 26.3 Å². The SMILES string of the molecule is CCc1nn(CC)c2n[c]c(CN(Cc3cc(C(F)(F)F)cc(C(F)(F)F)c3)c3nnn(C)n3)cc12. The van der Waals surface area contributed by atoms with Gasteiger partial charge >= 0.3 is 12.4 Å². The molecular weight excluding hydrogens is 490 g/mol. The molecule has 0 aliphatic heterocycles. The largest absolute Gasteiger partial charge is 0.416 e. The summed E-state index contributed by atoms with van der Waals surface area (Å²) in [6.07, 6.45) is -6.37. The van der Waals surface area contributed by atoms with Crippen LogP contribution in [0.3, 0.4) is 0 Å². The van der Waals surface area contributed by atoms with Gasteiger partial charge in [0.15, 0.2) is 5.65 Å². The number of benzene rings is 1. The van der Waals surface area contributed by atoms with Crippen LogP contribution in [0, 0.1) is 6.20 Å². The highest BCUT2D eigenvalue weighted by Crippen LogP contribution is 2.36. The first-order valence-electron chi connectivity index (χ1n) is 10.9. The summed E-state index contributed by atoms with van der Waals surface area (Å²) in [5.41, 5.74) is -1.03. The van der Waals surface area contributed by atoms with E-state index in [0.29, 0.717) is 36.3 Å². The van der Waals surface area contributed by atoms with Gasteiger partial charge in [-0.1, -0.05) is 12.0 Å². The average molecular weight is 511 g/mol. The Balaban J connectivity index is 1.74. The van der Waals surface area contributed by atoms with Crippen LogP contribution in [0.15, 0.2) is 24.3 Å². The Morgan fingerprint density at radius 2 is 1.58 bits per heavy atom. The molecule has 1 aromatic carbocycles. The molecule has 0 saturated carbocycles. The highest BCUT2D eigenvalue weighted by Gasteiger charge is 2.37. The van der Waals surface area contributed by atoms with Crippen molar-refractivity contribution in [3.63, 3.8) is 0 Å². The third kappa shape index (κ3) is 5.26. The van der Waals surface area contributed by atoms with Crippen molar-refractivity contribution in [3.8, 4) is 0 Å². The molecule has 0 aliphatic carbocycles. The van der Waals surface area contributed by atoms with E-state index >= 15 is 0 Å². The van der Waals surface area contributed by atoms with E-state index in [1.54, 1.807) is 10.7 Å². The monoisotopic (exact) mass is 511 g/mol. The van der Waals surface area contributed by atoms with Crippen LogP contribution in [0.25, 0.3) is 11.0 Å². The lowest BCUT2D eigenvalue weighted by molar-refractivity contribution is -0.143. The Hall–Kier alpha value is -3.71. The summed E-state index contributed by atoms with van der Waals surface area (Å²) in [5, 5.41) is 17.0. The number of anilines is 1. The van der Waals surface area contributed by atoms with E-state index in [2.05, 4.69) is 31.7 Å². The Labute approximate surface area is 201 Å². The molecule has 3 heterocycles. The molecule has 14 heteroatoms. The van der Waals surface area contributed by atoms with Crippen molar-refractivity contribution in [2.24, 2.45) is 7.05 Å². The zero-order chi connectivity index (χ0) is 26.3. The van der Waals surface area contributed by atoms with E-state index in [4.69, 9.17) is 0 Å². The van der Waals surface area contributed by atoms with Crippen LogP contribution in [0.1, 0.15) is 41.8 Å². The number of pyridine rings is 1. The molecule has 0 spiro atoms. The summed E-state index contributed by atoms with van der Waals surface area (Å²) >= 11 is 0. The first-order chi connectivity index (χ1) is 16.9. The number of nitrogens with zero attached hydrogens (tertiary/aromatic N) is 8. The minimum Gasteiger partial charge on any atom is -0.329 e. The molecule has 36 heavy (non-hydrogen) atoms. The van der Waals surface area contributed by atoms with E-state index in [0.717, 1.165) is 15.9 Å². The van der Waals surface area contributed by atoms with Gasteiger partial charge in [-0.15, -0.1) is 5.10 Å². The van der Waals surface area contributed by atoms with Crippen LogP contribution in [0.5, 0.6) is 0 Å². The highest BCUT2D eigenvalue weighted by atomic mass is 19.4. The third-order valence-electron chi connectivity index (χ3n) is 5.46. The first-order valence-corrected chi connectivity index (χ1v) is 10.9. The van der Waals surface area contributed by atoms with Crippen molar-refractivity contribution in [2.75, 3.05) is 4.90 Å². The van der Waals surface area contributed by atoms with Crippen LogP contribution >= 0.6 is 0 Å². The van der Waals surface area contributed by atoms with E-state index in [9.17, 15) is 26.3 Å². The zero-order valence-corrected chi connectivity index (χ0v) is 19.5. The molecule has 0 bridgehead atoms. The molecule has 0 saturated heterocycles. The summed E-state index contributed by atoms with van der Waals surface area (Å²) in [6.45, 7) is 4.13. The summed E-state index contributed by atoms with van der Waals surface area (Å²) in [7, 11) is 1.49. The highest BCUT2D eigenvalue weighted by molar-refractivity contribution is 5.79. The van der Waals surface area contributed by atoms with Gasteiger partial charge in [0.25, 0.3) is 5.95 Å². The topological polar surface area (TPSA) is 77.5 Å². The first kappa shape index (κ1) is 25.4. The van der Waals surface area contributed by atoms with Gasteiger partial charge in [0.2, 0.25) is 0 Å². The lowest BCUT2D eigenvalue weighted by Gasteiger charge is -2.22. The molecule has 4 rings (SSSR count). The Kier molecular flexibility index (Phi) is 6.62. The molecule has 0 unspecified atom stereocenters. The van der Waals surface area contributed by atoms with Crippen molar-refractivity contribution in [2.45, 2.75) is 52.3 Å². The number of fused-ring (bicyclic) bond motifs is 1. The number of hydrogen-bond acceptors (Lipinski definition) is 6. The minimum atomic E-state index is -4.95. The average Bonchev–Trinajstić information content (AvgIpc) is 3.40. The normalized spacial score (nSPS) is 12.5. The summed E-state index contributed by atoms with van der Waals surface area (Å²) < 4.78 is 81.9. The third-order valence-corrected chi connectivity index (χ3v) is 5.46. The van der Waals surface area contributed by atoms with Crippen molar-refractivity contribution in [3.05, 3.63) is 58.4 Å². The van der Waals surface area contributed by atoms with Gasteiger partial charge in [-0.2, -0.15) is 36.2 Å². The molecular formula is C22H21F6N8. The van der Waals surface area contributed by atoms with Gasteiger partial charge < -0.3 is 4.90 Å². The summed E-state index contributed by atoms with van der Waals surface area (Å²) in [5.74, 6) is 0.0249. The van der Waals surface area contributed by atoms with E-state index < -0.39 is 23.5 Å². The number of rotatable bonds is 7. The fourth-order valence-corrected chi connectivity index (χ4v) is 3.81. The van der Waals surface area contributed by atoms with Crippen LogP contribution < -0.4 is 4.90 Å². The number of tetrazole rings is 1. The van der Waals surface area contributed by atoms with Gasteiger partial charge in [0.05, 0.1) is 30.1 Å². The molecule has 0 N–H and O–H groups in total. The molecule has 4 aromatic rings. The van der Waals surface area contributed by atoms with Gasteiger partial charge in [-0.25, -0.2) is 9.67 Å². The Bertz CT molecular complexity index is 1340. The number of aryl methyl sites for hydroxylation is 3. The second kappa shape index (κ2) is 9.39. The molecule has 1 radical (unpaired) electrons. The van der Waals surface area contributed by atoms with Crippen LogP contribution in [-0.4, -0.2) is 35.0 Å². The number of hydrogen-bond donors (Lipinski definition) is 0. The van der Waals surface area contributed by atoms with Crippen molar-refractivity contribution >= 4 is 17.0 Å². The number of aromatic nitrogens is 7. The minimum absolute atomic E-state index is 0.00664. The standard InChI is InChI=1S/C22H21F6N8/c1-4-18-17-8-14(10-29-19(17)36(5-2)31-18)12-35(20-30-33-34(3)32-20)11-13-6-15(21(23,24)25)9-16(7-13)22(26,27)28/h6-9H,4-5,11-12H2,1-3H3. The molecule has 0 amide bonds. The Morgan fingerprint density at radius 1 is 0.917 bits per heavy atom. The van der Waals surface area contributed by atoms with Crippen molar-refractivity contribution in [1.29, 1.82) is 0 Å². The lowest BCUT2D eigenvalue weighted by Crippen LogP contribution is -2.24. The fraction of sp³-hybridized carbons (Fsp3) is 0.409. The summed E-state index contributed by atoms with van der Waals surface area (Å²) in [6, 6.07) is 3.27. The molecule has 0 fully saturated rings. The molecule has 8 nitrogen and oxygen atoms in total.